The molecule has 0 saturated carbocycles. The molecule has 0 aromatic heterocycles. The fraction of sp³-hybridized carbons (Fsp3) is 1.00. The van der Waals surface area contributed by atoms with Crippen molar-refractivity contribution in [3.63, 3.8) is 0 Å². The van der Waals surface area contributed by atoms with Crippen molar-refractivity contribution in [1.29, 1.82) is 0 Å². The molecule has 0 aromatic carbocycles. The highest BCUT2D eigenvalue weighted by molar-refractivity contribution is 7.99. The Bertz CT molecular complexity index is 91.6. The average molecular weight is 159 g/mol. The lowest BCUT2D eigenvalue weighted by molar-refractivity contribution is 0.231. The van der Waals surface area contributed by atoms with E-state index in [2.05, 4.69) is 24.2 Å². The quantitative estimate of drug-likeness (QED) is 0.587. The van der Waals surface area contributed by atoms with Crippen LogP contribution >= 0.6 is 11.8 Å². The summed E-state index contributed by atoms with van der Waals surface area (Å²) in [4.78, 5) is 2.30. The predicted octanol–water partition coefficient (Wildman–Crippen LogP) is 0.615. The van der Waals surface area contributed by atoms with Crippen molar-refractivity contribution in [2.75, 3.05) is 31.6 Å². The van der Waals surface area contributed by atoms with Crippen LogP contribution < -0.4 is 5.32 Å². The van der Waals surface area contributed by atoms with Crippen molar-refractivity contribution in [2.24, 2.45) is 0 Å². The van der Waals surface area contributed by atoms with Gasteiger partial charge in [-0.1, -0.05) is 6.92 Å². The lowest BCUT2D eigenvalue weighted by Gasteiger charge is -2.29. The molecule has 0 aromatic rings. The zero-order chi connectivity index (χ0) is 7.40. The van der Waals surface area contributed by atoms with Crippen LogP contribution in [-0.2, 0) is 0 Å². The molecule has 1 atom stereocenters. The molecule has 2 nitrogen and oxygen atoms in total. The topological polar surface area (TPSA) is 17.3 Å². The van der Waals surface area contributed by atoms with Gasteiger partial charge in [-0.05, 0) is 13.6 Å². The SMILES string of the molecule is CCN(C)C1CSCC[N]1. The highest BCUT2D eigenvalue weighted by Crippen LogP contribution is 2.10. The van der Waals surface area contributed by atoms with Gasteiger partial charge in [0.25, 0.3) is 0 Å². The second-order valence-electron chi connectivity index (χ2n) is 2.53. The Kier molecular flexibility index (Phi) is 3.52. The van der Waals surface area contributed by atoms with Crippen molar-refractivity contribution >= 4 is 11.8 Å². The Hall–Kier alpha value is 0.270. The first-order valence-corrected chi connectivity index (χ1v) is 4.94. The van der Waals surface area contributed by atoms with Crippen LogP contribution in [0.3, 0.4) is 0 Å². The molecule has 0 aliphatic carbocycles. The van der Waals surface area contributed by atoms with Gasteiger partial charge in [0.05, 0.1) is 6.17 Å². The van der Waals surface area contributed by atoms with Crippen LogP contribution in [0.25, 0.3) is 0 Å². The summed E-state index contributed by atoms with van der Waals surface area (Å²) in [5.41, 5.74) is 0. The van der Waals surface area contributed by atoms with E-state index in [1.807, 2.05) is 11.8 Å². The molecule has 0 amide bonds. The molecular formula is C7H15N2S. The van der Waals surface area contributed by atoms with Crippen LogP contribution in [0.4, 0.5) is 0 Å². The normalized spacial score (nSPS) is 27.3. The lowest BCUT2D eigenvalue weighted by Crippen LogP contribution is -2.44. The average Bonchev–Trinajstić information content (AvgIpc) is 2.05. The minimum absolute atomic E-state index is 0.490. The summed E-state index contributed by atoms with van der Waals surface area (Å²) in [6.45, 7) is 4.32. The molecule has 1 unspecified atom stereocenters. The third-order valence-electron chi connectivity index (χ3n) is 1.85. The van der Waals surface area contributed by atoms with Crippen molar-refractivity contribution in [3.05, 3.63) is 0 Å². The maximum atomic E-state index is 4.51. The summed E-state index contributed by atoms with van der Waals surface area (Å²) in [6, 6.07) is 0. The molecule has 1 heterocycles. The van der Waals surface area contributed by atoms with Gasteiger partial charge in [0.2, 0.25) is 0 Å². The molecule has 1 aliphatic rings. The highest BCUT2D eigenvalue weighted by Gasteiger charge is 2.16. The molecule has 1 rings (SSSR count). The molecule has 59 valence electrons. The van der Waals surface area contributed by atoms with Gasteiger partial charge in [0, 0.05) is 18.1 Å². The zero-order valence-electron chi connectivity index (χ0n) is 6.71. The van der Waals surface area contributed by atoms with Crippen LogP contribution in [0.2, 0.25) is 0 Å². The standard InChI is InChI=1S/C7H15N2S/c1-3-9(2)7-6-10-5-4-8-7/h7H,3-6H2,1-2H3. The van der Waals surface area contributed by atoms with Gasteiger partial charge in [-0.2, -0.15) is 11.8 Å². The molecule has 3 heteroatoms. The Labute approximate surface area is 67.4 Å². The van der Waals surface area contributed by atoms with Crippen LogP contribution in [0.1, 0.15) is 6.92 Å². The lowest BCUT2D eigenvalue weighted by atomic mass is 10.4. The van der Waals surface area contributed by atoms with E-state index in [1.165, 1.54) is 11.5 Å². The van der Waals surface area contributed by atoms with Crippen molar-refractivity contribution in [2.45, 2.75) is 13.1 Å². The summed E-state index contributed by atoms with van der Waals surface area (Å²) >= 11 is 2.01. The van der Waals surface area contributed by atoms with E-state index in [4.69, 9.17) is 0 Å². The van der Waals surface area contributed by atoms with Crippen molar-refractivity contribution in [1.82, 2.24) is 10.2 Å². The fourth-order valence-electron chi connectivity index (χ4n) is 0.985. The van der Waals surface area contributed by atoms with Crippen molar-refractivity contribution in [3.8, 4) is 0 Å². The van der Waals surface area contributed by atoms with Gasteiger partial charge >= 0.3 is 0 Å². The minimum atomic E-state index is 0.490. The molecule has 1 aliphatic heterocycles. The van der Waals surface area contributed by atoms with Crippen LogP contribution in [0.15, 0.2) is 0 Å². The maximum absolute atomic E-state index is 4.51. The number of rotatable bonds is 2. The molecule has 0 spiro atoms. The first kappa shape index (κ1) is 8.37. The van der Waals surface area contributed by atoms with Crippen LogP contribution in [0.5, 0.6) is 0 Å². The van der Waals surface area contributed by atoms with E-state index < -0.39 is 0 Å². The zero-order valence-corrected chi connectivity index (χ0v) is 7.52. The van der Waals surface area contributed by atoms with Crippen molar-refractivity contribution < 1.29 is 0 Å². The van der Waals surface area contributed by atoms with E-state index in [1.54, 1.807) is 0 Å². The highest BCUT2D eigenvalue weighted by atomic mass is 32.2. The van der Waals surface area contributed by atoms with E-state index in [0.717, 1.165) is 13.1 Å². The largest absolute Gasteiger partial charge is 0.290 e. The fourth-order valence-corrected chi connectivity index (χ4v) is 1.96. The van der Waals surface area contributed by atoms with Crippen LogP contribution in [-0.4, -0.2) is 42.7 Å². The van der Waals surface area contributed by atoms with Gasteiger partial charge in [-0.25, -0.2) is 5.32 Å². The summed E-state index contributed by atoms with van der Waals surface area (Å²) < 4.78 is 0. The number of hydrogen-bond donors (Lipinski definition) is 0. The van der Waals surface area contributed by atoms with Gasteiger partial charge in [-0.3, -0.25) is 4.90 Å². The van der Waals surface area contributed by atoms with Gasteiger partial charge in [0.1, 0.15) is 0 Å². The van der Waals surface area contributed by atoms with E-state index >= 15 is 0 Å². The molecule has 1 fully saturated rings. The smallest absolute Gasteiger partial charge is 0.0850 e. The molecular weight excluding hydrogens is 144 g/mol. The summed E-state index contributed by atoms with van der Waals surface area (Å²) in [5.74, 6) is 2.40. The first-order chi connectivity index (χ1) is 4.84. The summed E-state index contributed by atoms with van der Waals surface area (Å²) in [6.07, 6.45) is 0.490. The third-order valence-corrected chi connectivity index (χ3v) is 2.86. The predicted molar refractivity (Wildman–Crippen MR) is 46.4 cm³/mol. The first-order valence-electron chi connectivity index (χ1n) is 3.79. The van der Waals surface area contributed by atoms with E-state index in [0.29, 0.717) is 6.17 Å². The van der Waals surface area contributed by atoms with E-state index in [9.17, 15) is 0 Å². The Morgan fingerprint density at radius 3 is 3.00 bits per heavy atom. The van der Waals surface area contributed by atoms with Gasteiger partial charge < -0.3 is 0 Å². The summed E-state index contributed by atoms with van der Waals surface area (Å²) in [5, 5.41) is 4.51. The Balaban J connectivity index is 2.24. The second-order valence-corrected chi connectivity index (χ2v) is 3.68. The molecule has 1 radical (unpaired) electrons. The monoisotopic (exact) mass is 159 g/mol. The third kappa shape index (κ3) is 2.15. The van der Waals surface area contributed by atoms with Gasteiger partial charge in [0.15, 0.2) is 0 Å². The molecule has 10 heavy (non-hydrogen) atoms. The number of nitrogens with zero attached hydrogens (tertiary/aromatic N) is 2. The van der Waals surface area contributed by atoms with Crippen LogP contribution in [0, 0.1) is 0 Å². The Morgan fingerprint density at radius 2 is 2.50 bits per heavy atom. The molecule has 0 N–H and O–H groups in total. The molecule has 0 bridgehead atoms. The van der Waals surface area contributed by atoms with E-state index in [-0.39, 0.29) is 0 Å². The number of thioether (sulfide) groups is 1. The maximum Gasteiger partial charge on any atom is 0.0850 e. The van der Waals surface area contributed by atoms with Gasteiger partial charge in [-0.15, -0.1) is 0 Å². The second kappa shape index (κ2) is 4.21. The minimum Gasteiger partial charge on any atom is -0.290 e. The Morgan fingerprint density at radius 1 is 1.70 bits per heavy atom. The number of hydrogen-bond acceptors (Lipinski definition) is 2. The molecule has 1 saturated heterocycles. The summed E-state index contributed by atoms with van der Waals surface area (Å²) in [7, 11) is 2.14.